The summed E-state index contributed by atoms with van der Waals surface area (Å²) in [5.74, 6) is 0. The summed E-state index contributed by atoms with van der Waals surface area (Å²) in [5, 5.41) is 39.0. The fourth-order valence-electron chi connectivity index (χ4n) is 3.28. The van der Waals surface area contributed by atoms with Gasteiger partial charge in [0.25, 0.3) is 0 Å². The molecule has 1 saturated heterocycles. The summed E-state index contributed by atoms with van der Waals surface area (Å²) >= 11 is 0. The van der Waals surface area contributed by atoms with Crippen molar-refractivity contribution in [1.82, 2.24) is 4.31 Å². The van der Waals surface area contributed by atoms with E-state index in [4.69, 9.17) is 9.84 Å². The van der Waals surface area contributed by atoms with Crippen LogP contribution < -0.4 is 0 Å². The third-order valence-corrected chi connectivity index (χ3v) is 7.06. The predicted octanol–water partition coefficient (Wildman–Crippen LogP) is 0.579. The second kappa shape index (κ2) is 12.3. The number of aliphatic hydroxyl groups excluding tert-OH is 4. The van der Waals surface area contributed by atoms with E-state index in [-0.39, 0.29) is 0 Å². The van der Waals surface area contributed by atoms with Crippen LogP contribution >= 0.6 is 0 Å². The van der Waals surface area contributed by atoms with Crippen molar-refractivity contribution in [1.29, 1.82) is 0 Å². The minimum absolute atomic E-state index is 0.338. The first kappa shape index (κ1) is 24.7. The van der Waals surface area contributed by atoms with Gasteiger partial charge in [0.1, 0.15) is 24.4 Å². The zero-order chi connectivity index (χ0) is 20.4. The van der Waals surface area contributed by atoms with Crippen LogP contribution in [0.1, 0.15) is 65.2 Å². The van der Waals surface area contributed by atoms with Crippen LogP contribution in [0.15, 0.2) is 0 Å². The molecule has 0 amide bonds. The van der Waals surface area contributed by atoms with E-state index < -0.39 is 46.5 Å². The average molecular weight is 412 g/mol. The molecule has 8 nitrogen and oxygen atoms in total. The molecule has 0 aromatic heterocycles. The van der Waals surface area contributed by atoms with Gasteiger partial charge in [0.15, 0.2) is 0 Å². The van der Waals surface area contributed by atoms with E-state index in [0.717, 1.165) is 51.4 Å². The number of unbranched alkanes of at least 4 members (excludes halogenated alkanes) is 6. The minimum atomic E-state index is -4.02. The summed E-state index contributed by atoms with van der Waals surface area (Å²) in [6.07, 6.45) is 1.35. The number of aliphatic hydroxyl groups is 4. The lowest BCUT2D eigenvalue weighted by Gasteiger charge is -2.27. The molecule has 1 aliphatic rings. The van der Waals surface area contributed by atoms with Crippen LogP contribution in [0.25, 0.3) is 0 Å². The number of hydrogen-bond acceptors (Lipinski definition) is 7. The first-order valence-corrected chi connectivity index (χ1v) is 11.6. The molecule has 0 unspecified atom stereocenters. The largest absolute Gasteiger partial charge is 0.394 e. The summed E-state index contributed by atoms with van der Waals surface area (Å²) in [4.78, 5) is 0. The number of rotatable bonds is 14. The molecule has 162 valence electrons. The fraction of sp³-hybridized carbons (Fsp3) is 1.00. The summed E-state index contributed by atoms with van der Waals surface area (Å²) in [6, 6.07) is 0. The number of sulfonamides is 1. The SMILES string of the molecule is CCCCCCN(CCCCCC)S(=O)(=O)[C@@H]1O[C@@H]([C@H](O)CO)[C@H](O)[C@H]1O. The molecule has 0 aromatic carbocycles. The zero-order valence-corrected chi connectivity index (χ0v) is 17.4. The summed E-state index contributed by atoms with van der Waals surface area (Å²) in [7, 11) is -4.02. The van der Waals surface area contributed by atoms with Crippen molar-refractivity contribution in [3.63, 3.8) is 0 Å². The Morgan fingerprint density at radius 2 is 1.44 bits per heavy atom. The van der Waals surface area contributed by atoms with Crippen LogP contribution in [0.4, 0.5) is 0 Å². The molecule has 1 aliphatic heterocycles. The number of ether oxygens (including phenoxy) is 1. The van der Waals surface area contributed by atoms with Gasteiger partial charge in [-0.15, -0.1) is 0 Å². The Morgan fingerprint density at radius 3 is 1.89 bits per heavy atom. The van der Waals surface area contributed by atoms with E-state index in [2.05, 4.69) is 13.8 Å². The van der Waals surface area contributed by atoms with Crippen molar-refractivity contribution >= 4 is 10.0 Å². The Bertz CT molecular complexity index is 490. The Balaban J connectivity index is 2.86. The second-order valence-electron chi connectivity index (χ2n) is 7.27. The van der Waals surface area contributed by atoms with Crippen molar-refractivity contribution < 1.29 is 33.6 Å². The maximum absolute atomic E-state index is 13.1. The lowest BCUT2D eigenvalue weighted by molar-refractivity contribution is -0.0724. The molecule has 0 spiro atoms. The Labute approximate surface area is 163 Å². The van der Waals surface area contributed by atoms with E-state index in [1.165, 1.54) is 4.31 Å². The molecule has 1 fully saturated rings. The van der Waals surface area contributed by atoms with Crippen molar-refractivity contribution in [3.8, 4) is 0 Å². The lowest BCUT2D eigenvalue weighted by atomic mass is 10.1. The van der Waals surface area contributed by atoms with Gasteiger partial charge in [-0.05, 0) is 12.8 Å². The first-order valence-electron chi connectivity index (χ1n) is 10.1. The van der Waals surface area contributed by atoms with Crippen molar-refractivity contribution in [2.24, 2.45) is 0 Å². The molecule has 0 radical (unpaired) electrons. The smallest absolute Gasteiger partial charge is 0.244 e. The van der Waals surface area contributed by atoms with Crippen molar-refractivity contribution in [2.45, 2.75) is 95.1 Å². The topological polar surface area (TPSA) is 128 Å². The second-order valence-corrected chi connectivity index (χ2v) is 9.28. The van der Waals surface area contributed by atoms with Gasteiger partial charge in [0.2, 0.25) is 15.5 Å². The van der Waals surface area contributed by atoms with Crippen LogP contribution in [0.3, 0.4) is 0 Å². The third kappa shape index (κ3) is 6.92. The van der Waals surface area contributed by atoms with Gasteiger partial charge in [0, 0.05) is 13.1 Å². The molecular formula is C18H37NO7S. The molecule has 1 rings (SSSR count). The van der Waals surface area contributed by atoms with E-state index in [1.54, 1.807) is 0 Å². The highest BCUT2D eigenvalue weighted by atomic mass is 32.2. The third-order valence-electron chi connectivity index (χ3n) is 5.00. The Hall–Kier alpha value is -0.290. The van der Waals surface area contributed by atoms with Crippen LogP contribution in [0, 0.1) is 0 Å². The van der Waals surface area contributed by atoms with Gasteiger partial charge in [-0.3, -0.25) is 0 Å². The van der Waals surface area contributed by atoms with Crippen LogP contribution in [-0.4, -0.2) is 82.7 Å². The maximum Gasteiger partial charge on any atom is 0.244 e. The molecule has 0 aliphatic carbocycles. The summed E-state index contributed by atoms with van der Waals surface area (Å²) in [5.41, 5.74) is -1.64. The number of hydrogen-bond donors (Lipinski definition) is 4. The average Bonchev–Trinajstić information content (AvgIpc) is 2.95. The van der Waals surface area contributed by atoms with E-state index in [0.29, 0.717) is 13.1 Å². The minimum Gasteiger partial charge on any atom is -0.394 e. The highest BCUT2D eigenvalue weighted by Crippen LogP contribution is 2.29. The van der Waals surface area contributed by atoms with Gasteiger partial charge >= 0.3 is 0 Å². The van der Waals surface area contributed by atoms with Crippen molar-refractivity contribution in [3.05, 3.63) is 0 Å². The van der Waals surface area contributed by atoms with Crippen LogP contribution in [0.5, 0.6) is 0 Å². The van der Waals surface area contributed by atoms with Gasteiger partial charge in [-0.1, -0.05) is 52.4 Å². The van der Waals surface area contributed by atoms with E-state index in [1.807, 2.05) is 0 Å². The summed E-state index contributed by atoms with van der Waals surface area (Å²) in [6.45, 7) is 4.14. The standard InChI is InChI=1S/C18H37NO7S/c1-3-5-7-9-11-19(12-10-8-6-4-2)27(24,25)18-16(23)15(22)17(26-18)14(21)13-20/h14-18,20-23H,3-13H2,1-2H3/t14-,15-,16-,17+,18+/m1/s1. The first-order chi connectivity index (χ1) is 12.8. The Morgan fingerprint density at radius 1 is 0.926 bits per heavy atom. The van der Waals surface area contributed by atoms with Gasteiger partial charge in [0.05, 0.1) is 6.61 Å². The maximum atomic E-state index is 13.1. The molecule has 0 aromatic rings. The fourth-order valence-corrected chi connectivity index (χ4v) is 5.13. The molecule has 27 heavy (non-hydrogen) atoms. The summed E-state index contributed by atoms with van der Waals surface area (Å²) < 4.78 is 32.8. The van der Waals surface area contributed by atoms with Crippen LogP contribution in [-0.2, 0) is 14.8 Å². The predicted molar refractivity (Wildman–Crippen MR) is 103 cm³/mol. The van der Waals surface area contributed by atoms with E-state index in [9.17, 15) is 23.7 Å². The molecule has 1 heterocycles. The van der Waals surface area contributed by atoms with Gasteiger partial charge in [-0.2, -0.15) is 4.31 Å². The number of nitrogens with zero attached hydrogens (tertiary/aromatic N) is 1. The lowest BCUT2D eigenvalue weighted by Crippen LogP contribution is -2.45. The molecule has 5 atom stereocenters. The normalized spacial score (nSPS) is 27.4. The van der Waals surface area contributed by atoms with Gasteiger partial charge < -0.3 is 25.2 Å². The molecule has 4 N–H and O–H groups in total. The molecule has 9 heteroatoms. The zero-order valence-electron chi connectivity index (χ0n) is 16.5. The quantitative estimate of drug-likeness (QED) is 0.308. The highest BCUT2D eigenvalue weighted by Gasteiger charge is 2.52. The van der Waals surface area contributed by atoms with E-state index >= 15 is 0 Å². The Kier molecular flexibility index (Phi) is 11.3. The van der Waals surface area contributed by atoms with Crippen molar-refractivity contribution in [2.75, 3.05) is 19.7 Å². The van der Waals surface area contributed by atoms with Crippen LogP contribution in [0.2, 0.25) is 0 Å². The molecular weight excluding hydrogens is 374 g/mol. The molecule has 0 saturated carbocycles. The van der Waals surface area contributed by atoms with Gasteiger partial charge in [-0.25, -0.2) is 8.42 Å². The molecule has 0 bridgehead atoms. The monoisotopic (exact) mass is 411 g/mol. The highest BCUT2D eigenvalue weighted by molar-refractivity contribution is 7.89.